The number of anilines is 1. The highest BCUT2D eigenvalue weighted by Gasteiger charge is 2.22. The number of nitrogens with one attached hydrogen (secondary N) is 2. The Bertz CT molecular complexity index is 923. The van der Waals surface area contributed by atoms with Crippen LogP contribution in [0.15, 0.2) is 48.5 Å². The number of amides is 3. The molecule has 0 unspecified atom stereocenters. The molecule has 2 N–H and O–H groups in total. The van der Waals surface area contributed by atoms with Crippen LogP contribution in [0.2, 0.25) is 0 Å². The Morgan fingerprint density at radius 2 is 1.57 bits per heavy atom. The van der Waals surface area contributed by atoms with Crippen LogP contribution in [0.25, 0.3) is 0 Å². The van der Waals surface area contributed by atoms with Crippen molar-refractivity contribution in [2.75, 3.05) is 25.0 Å². The van der Waals surface area contributed by atoms with Crippen LogP contribution in [0.1, 0.15) is 59.9 Å². The number of carbonyl (C=O) groups excluding carboxylic acids is 3. The first-order valence-electron chi connectivity index (χ1n) is 10.3. The molecule has 0 aliphatic carbocycles. The maximum absolute atomic E-state index is 12.7. The second kappa shape index (κ2) is 9.11. The van der Waals surface area contributed by atoms with E-state index in [0.717, 1.165) is 31.5 Å². The van der Waals surface area contributed by atoms with Gasteiger partial charge in [0.2, 0.25) is 5.91 Å². The van der Waals surface area contributed by atoms with Crippen molar-refractivity contribution in [3.8, 4) is 0 Å². The fourth-order valence-corrected chi connectivity index (χ4v) is 3.45. The molecular weight excluding hydrogens is 378 g/mol. The van der Waals surface area contributed by atoms with Crippen LogP contribution >= 0.6 is 0 Å². The zero-order valence-corrected chi connectivity index (χ0v) is 17.8. The van der Waals surface area contributed by atoms with Gasteiger partial charge in [-0.1, -0.05) is 45.0 Å². The van der Waals surface area contributed by atoms with E-state index in [2.05, 4.69) is 31.4 Å². The lowest BCUT2D eigenvalue weighted by Gasteiger charge is -2.19. The summed E-state index contributed by atoms with van der Waals surface area (Å²) in [4.78, 5) is 39.2. The Balaban J connectivity index is 1.58. The maximum atomic E-state index is 12.7. The molecule has 1 fully saturated rings. The van der Waals surface area contributed by atoms with E-state index >= 15 is 0 Å². The SMILES string of the molecule is CC(C)(C)c1ccc(C(=O)NCC(=O)Nc2ccccc2C(=O)N2CCCC2)cc1. The Morgan fingerprint density at radius 1 is 0.933 bits per heavy atom. The molecule has 6 nitrogen and oxygen atoms in total. The van der Waals surface area contributed by atoms with Gasteiger partial charge in [0.15, 0.2) is 0 Å². The highest BCUT2D eigenvalue weighted by molar-refractivity contribution is 6.05. The van der Waals surface area contributed by atoms with Crippen LogP contribution < -0.4 is 10.6 Å². The van der Waals surface area contributed by atoms with Crippen molar-refractivity contribution in [2.24, 2.45) is 0 Å². The largest absolute Gasteiger partial charge is 0.343 e. The smallest absolute Gasteiger partial charge is 0.255 e. The first kappa shape index (κ1) is 21.6. The molecule has 1 saturated heterocycles. The Hall–Kier alpha value is -3.15. The van der Waals surface area contributed by atoms with Gasteiger partial charge in [-0.15, -0.1) is 0 Å². The summed E-state index contributed by atoms with van der Waals surface area (Å²) >= 11 is 0. The molecule has 1 aliphatic heterocycles. The van der Waals surface area contributed by atoms with E-state index in [1.54, 1.807) is 41.3 Å². The van der Waals surface area contributed by atoms with Crippen molar-refractivity contribution >= 4 is 23.4 Å². The van der Waals surface area contributed by atoms with Gasteiger partial charge >= 0.3 is 0 Å². The minimum Gasteiger partial charge on any atom is -0.343 e. The molecule has 0 saturated carbocycles. The molecule has 6 heteroatoms. The molecule has 2 aromatic rings. The fraction of sp³-hybridized carbons (Fsp3) is 0.375. The van der Waals surface area contributed by atoms with Crippen LogP contribution in [0, 0.1) is 0 Å². The number of hydrogen-bond donors (Lipinski definition) is 2. The molecule has 1 heterocycles. The van der Waals surface area contributed by atoms with Gasteiger partial charge in [-0.3, -0.25) is 14.4 Å². The van der Waals surface area contributed by atoms with E-state index in [4.69, 9.17) is 0 Å². The third-order valence-corrected chi connectivity index (χ3v) is 5.25. The average Bonchev–Trinajstić information content (AvgIpc) is 3.26. The van der Waals surface area contributed by atoms with Gasteiger partial charge in [-0.05, 0) is 48.1 Å². The minimum absolute atomic E-state index is 0.00872. The molecule has 0 bridgehead atoms. The summed E-state index contributed by atoms with van der Waals surface area (Å²) in [6.45, 7) is 7.64. The van der Waals surface area contributed by atoms with Crippen LogP contribution in [0.3, 0.4) is 0 Å². The van der Waals surface area contributed by atoms with E-state index < -0.39 is 0 Å². The van der Waals surface area contributed by atoms with Crippen molar-refractivity contribution in [3.63, 3.8) is 0 Å². The molecule has 0 radical (unpaired) electrons. The summed E-state index contributed by atoms with van der Waals surface area (Å²) in [6, 6.07) is 14.3. The molecule has 30 heavy (non-hydrogen) atoms. The fourth-order valence-electron chi connectivity index (χ4n) is 3.45. The minimum atomic E-state index is -0.378. The average molecular weight is 408 g/mol. The van der Waals surface area contributed by atoms with E-state index in [1.807, 2.05) is 12.1 Å². The molecular formula is C24H29N3O3. The van der Waals surface area contributed by atoms with Crippen LogP contribution in [-0.2, 0) is 10.2 Å². The van der Waals surface area contributed by atoms with Crippen LogP contribution in [0.4, 0.5) is 5.69 Å². The molecule has 2 aromatic carbocycles. The van der Waals surface area contributed by atoms with E-state index in [0.29, 0.717) is 16.8 Å². The van der Waals surface area contributed by atoms with Crippen LogP contribution in [0.5, 0.6) is 0 Å². The summed E-state index contributed by atoms with van der Waals surface area (Å²) in [5.41, 5.74) is 2.57. The van der Waals surface area contributed by atoms with Gasteiger partial charge < -0.3 is 15.5 Å². The van der Waals surface area contributed by atoms with Gasteiger partial charge in [0.05, 0.1) is 17.8 Å². The zero-order chi connectivity index (χ0) is 21.7. The summed E-state index contributed by atoms with van der Waals surface area (Å²) < 4.78 is 0. The lowest BCUT2D eigenvalue weighted by atomic mass is 9.87. The maximum Gasteiger partial charge on any atom is 0.255 e. The third-order valence-electron chi connectivity index (χ3n) is 5.25. The highest BCUT2D eigenvalue weighted by atomic mass is 16.2. The standard InChI is InChI=1S/C24H29N3O3/c1-24(2,3)18-12-10-17(11-13-18)22(29)25-16-21(28)26-20-9-5-4-8-19(20)23(30)27-14-6-7-15-27/h4-5,8-13H,6-7,14-16H2,1-3H3,(H,25,29)(H,26,28). The molecule has 0 spiro atoms. The lowest BCUT2D eigenvalue weighted by Crippen LogP contribution is -2.34. The Kier molecular flexibility index (Phi) is 6.55. The molecule has 3 amide bonds. The van der Waals surface area contributed by atoms with Crippen molar-refractivity contribution in [2.45, 2.75) is 39.0 Å². The molecule has 0 aromatic heterocycles. The summed E-state index contributed by atoms with van der Waals surface area (Å²) in [7, 11) is 0. The number of hydrogen-bond acceptors (Lipinski definition) is 3. The first-order valence-corrected chi connectivity index (χ1v) is 10.3. The topological polar surface area (TPSA) is 78.5 Å². The predicted octanol–water partition coefficient (Wildman–Crippen LogP) is 3.59. The second-order valence-electron chi connectivity index (χ2n) is 8.60. The number of rotatable bonds is 5. The Labute approximate surface area is 177 Å². The molecule has 1 aliphatic rings. The Morgan fingerprint density at radius 3 is 2.20 bits per heavy atom. The molecule has 158 valence electrons. The number of benzene rings is 2. The number of para-hydroxylation sites is 1. The van der Waals surface area contributed by atoms with Crippen molar-refractivity contribution in [1.82, 2.24) is 10.2 Å². The lowest BCUT2D eigenvalue weighted by molar-refractivity contribution is -0.115. The van der Waals surface area contributed by atoms with Gasteiger partial charge in [-0.25, -0.2) is 0 Å². The summed E-state index contributed by atoms with van der Waals surface area (Å²) in [6.07, 6.45) is 2.01. The van der Waals surface area contributed by atoms with E-state index in [-0.39, 0.29) is 29.7 Å². The van der Waals surface area contributed by atoms with E-state index in [9.17, 15) is 14.4 Å². The first-order chi connectivity index (χ1) is 14.3. The molecule has 0 atom stereocenters. The van der Waals surface area contributed by atoms with Gasteiger partial charge in [0.25, 0.3) is 11.8 Å². The molecule has 3 rings (SSSR count). The van der Waals surface area contributed by atoms with Gasteiger partial charge in [0.1, 0.15) is 0 Å². The second-order valence-corrected chi connectivity index (χ2v) is 8.60. The number of likely N-dealkylation sites (tertiary alicyclic amines) is 1. The summed E-state index contributed by atoms with van der Waals surface area (Å²) in [5, 5.41) is 5.38. The van der Waals surface area contributed by atoms with E-state index in [1.165, 1.54) is 0 Å². The van der Waals surface area contributed by atoms with Crippen molar-refractivity contribution in [3.05, 3.63) is 65.2 Å². The predicted molar refractivity (Wildman–Crippen MR) is 118 cm³/mol. The highest BCUT2D eigenvalue weighted by Crippen LogP contribution is 2.22. The van der Waals surface area contributed by atoms with Crippen molar-refractivity contribution < 1.29 is 14.4 Å². The van der Waals surface area contributed by atoms with Crippen molar-refractivity contribution in [1.29, 1.82) is 0 Å². The monoisotopic (exact) mass is 407 g/mol. The third kappa shape index (κ3) is 5.26. The number of carbonyl (C=O) groups is 3. The summed E-state index contributed by atoms with van der Waals surface area (Å²) in [5.74, 6) is -0.769. The quantitative estimate of drug-likeness (QED) is 0.795. The van der Waals surface area contributed by atoms with Gasteiger partial charge in [-0.2, -0.15) is 0 Å². The number of nitrogens with zero attached hydrogens (tertiary/aromatic N) is 1. The normalized spacial score (nSPS) is 13.8. The van der Waals surface area contributed by atoms with Gasteiger partial charge in [0, 0.05) is 18.7 Å². The van der Waals surface area contributed by atoms with Crippen LogP contribution in [-0.4, -0.2) is 42.3 Å². The zero-order valence-electron chi connectivity index (χ0n) is 17.8.